The third kappa shape index (κ3) is 3.56. The molecule has 0 heterocycles. The minimum Gasteiger partial charge on any atom is -0.0743 e. The molecule has 1 aliphatic carbocycles. The van der Waals surface area contributed by atoms with Gasteiger partial charge >= 0.3 is 0 Å². The molecule has 0 N–H and O–H groups in total. The first-order chi connectivity index (χ1) is 15.6. The Morgan fingerprint density at radius 2 is 0.909 bits per heavy atom. The van der Waals surface area contributed by atoms with Gasteiger partial charge in [-0.3, -0.25) is 0 Å². The second-order valence-electron chi connectivity index (χ2n) is 10.7. The van der Waals surface area contributed by atoms with Crippen LogP contribution in [0.1, 0.15) is 68.0 Å². The maximum Gasteiger partial charge on any atom is 0.0713 e. The van der Waals surface area contributed by atoms with Gasteiger partial charge in [0.1, 0.15) is 0 Å². The zero-order valence-corrected chi connectivity index (χ0v) is 22.3. The van der Waals surface area contributed by atoms with Crippen LogP contribution in [0.2, 0.25) is 0 Å². The van der Waals surface area contributed by atoms with Crippen molar-refractivity contribution < 1.29 is 0 Å². The van der Waals surface area contributed by atoms with Gasteiger partial charge in [-0.05, 0) is 63.8 Å². The molecule has 0 bridgehead atoms. The smallest absolute Gasteiger partial charge is 0.0713 e. The van der Waals surface area contributed by atoms with Crippen molar-refractivity contribution >= 4 is 22.6 Å². The summed E-state index contributed by atoms with van der Waals surface area (Å²) in [5.74, 6) is 0. The lowest BCUT2D eigenvalue weighted by Crippen LogP contribution is -2.29. The maximum atomic E-state index is 2.53. The maximum absolute atomic E-state index is 2.53. The van der Waals surface area contributed by atoms with Crippen molar-refractivity contribution in [1.82, 2.24) is 0 Å². The Balaban J connectivity index is 1.83. The van der Waals surface area contributed by atoms with E-state index in [1.165, 1.54) is 44.5 Å². The summed E-state index contributed by atoms with van der Waals surface area (Å²) in [6.07, 6.45) is 0. The normalized spacial score (nSPS) is 14.6. The molecule has 0 nitrogen and oxygen atoms in total. The van der Waals surface area contributed by atoms with Crippen LogP contribution >= 0.6 is 22.6 Å². The monoisotopic (exact) mass is 542 g/mol. The van der Waals surface area contributed by atoms with Crippen molar-refractivity contribution in [3.63, 3.8) is 0 Å². The van der Waals surface area contributed by atoms with E-state index in [1.807, 2.05) is 0 Å². The molecule has 4 aromatic rings. The van der Waals surface area contributed by atoms with Crippen molar-refractivity contribution in [2.45, 2.75) is 48.9 Å². The summed E-state index contributed by atoms with van der Waals surface area (Å²) in [6.45, 7) is 11.4. The van der Waals surface area contributed by atoms with E-state index >= 15 is 0 Å². The molecule has 0 unspecified atom stereocenters. The predicted molar refractivity (Wildman–Crippen MR) is 149 cm³/mol. The Kier molecular flexibility index (Phi) is 5.32. The quantitative estimate of drug-likeness (QED) is 0.158. The summed E-state index contributed by atoms with van der Waals surface area (Å²) in [6, 6.07) is 36.6. The van der Waals surface area contributed by atoms with Crippen molar-refractivity contribution in [1.29, 1.82) is 0 Å². The van der Waals surface area contributed by atoms with E-state index in [1.54, 1.807) is 0 Å². The summed E-state index contributed by atoms with van der Waals surface area (Å²) >= 11 is 2.53. The molecule has 0 radical (unpaired) electrons. The number of hydrogen-bond donors (Lipinski definition) is 0. The molecule has 0 saturated carbocycles. The minimum atomic E-state index is -0.322. The van der Waals surface area contributed by atoms with Gasteiger partial charge in [-0.25, -0.2) is 0 Å². The fourth-order valence-electron chi connectivity index (χ4n) is 5.36. The Hall–Kier alpha value is -2.39. The SMILES string of the molecule is CC(C)(C)c1ccc(C2(c3ccc(C(C)(C)I)cc3)c3ccccc3-c3ccccc32)cc1. The van der Waals surface area contributed by atoms with Crippen molar-refractivity contribution in [2.24, 2.45) is 0 Å². The molecule has 33 heavy (non-hydrogen) atoms. The molecule has 5 rings (SSSR count). The summed E-state index contributed by atoms with van der Waals surface area (Å²) < 4.78 is 0.100. The zero-order chi connectivity index (χ0) is 23.4. The van der Waals surface area contributed by atoms with E-state index in [4.69, 9.17) is 0 Å². The van der Waals surface area contributed by atoms with E-state index in [0.29, 0.717) is 0 Å². The number of alkyl halides is 1. The zero-order valence-electron chi connectivity index (χ0n) is 20.1. The Morgan fingerprint density at radius 3 is 1.30 bits per heavy atom. The Morgan fingerprint density at radius 1 is 0.515 bits per heavy atom. The third-order valence-electron chi connectivity index (χ3n) is 7.14. The molecular formula is C32H31I. The molecule has 0 fully saturated rings. The van der Waals surface area contributed by atoms with Crippen LogP contribution in [0.4, 0.5) is 0 Å². The van der Waals surface area contributed by atoms with Crippen molar-refractivity contribution in [2.75, 3.05) is 0 Å². The average Bonchev–Trinajstić information content (AvgIpc) is 3.10. The van der Waals surface area contributed by atoms with Crippen LogP contribution in [0.3, 0.4) is 0 Å². The van der Waals surface area contributed by atoms with Gasteiger partial charge in [0.15, 0.2) is 0 Å². The topological polar surface area (TPSA) is 0 Å². The molecule has 166 valence electrons. The van der Waals surface area contributed by atoms with Gasteiger partial charge in [-0.1, -0.05) is 140 Å². The second-order valence-corrected chi connectivity index (χ2v) is 13.4. The van der Waals surface area contributed by atoms with Gasteiger partial charge in [0.2, 0.25) is 0 Å². The predicted octanol–water partition coefficient (Wildman–Crippen LogP) is 9.02. The lowest BCUT2D eigenvalue weighted by Gasteiger charge is -2.35. The largest absolute Gasteiger partial charge is 0.0743 e. The summed E-state index contributed by atoms with van der Waals surface area (Å²) in [5, 5.41) is 0. The lowest BCUT2D eigenvalue weighted by atomic mass is 9.67. The van der Waals surface area contributed by atoms with E-state index in [0.717, 1.165) is 0 Å². The fourth-order valence-corrected chi connectivity index (χ4v) is 5.72. The highest BCUT2D eigenvalue weighted by Crippen LogP contribution is 2.56. The van der Waals surface area contributed by atoms with Gasteiger partial charge in [0.05, 0.1) is 5.41 Å². The summed E-state index contributed by atoms with van der Waals surface area (Å²) in [4.78, 5) is 0. The third-order valence-corrected chi connectivity index (χ3v) is 7.76. The second kappa shape index (κ2) is 7.84. The molecule has 0 atom stereocenters. The van der Waals surface area contributed by atoms with Gasteiger partial charge in [-0.2, -0.15) is 0 Å². The van der Waals surface area contributed by atoms with Crippen LogP contribution in [0, 0.1) is 0 Å². The first-order valence-corrected chi connectivity index (χ1v) is 12.8. The minimum absolute atomic E-state index is 0.100. The first-order valence-electron chi connectivity index (χ1n) is 11.7. The molecular weight excluding hydrogens is 511 g/mol. The first kappa shape index (κ1) is 22.4. The van der Waals surface area contributed by atoms with E-state index in [9.17, 15) is 0 Å². The summed E-state index contributed by atoms with van der Waals surface area (Å²) in [5.41, 5.74) is 10.6. The number of benzene rings is 4. The molecule has 0 amide bonds. The highest BCUT2D eigenvalue weighted by Gasteiger charge is 2.45. The molecule has 0 saturated heterocycles. The highest BCUT2D eigenvalue weighted by molar-refractivity contribution is 14.1. The number of rotatable bonds is 3. The fraction of sp³-hybridized carbons (Fsp3) is 0.250. The van der Waals surface area contributed by atoms with Gasteiger partial charge in [0.25, 0.3) is 0 Å². The van der Waals surface area contributed by atoms with Crippen LogP contribution in [0.15, 0.2) is 97.1 Å². The van der Waals surface area contributed by atoms with Gasteiger partial charge < -0.3 is 0 Å². The van der Waals surface area contributed by atoms with E-state index in [-0.39, 0.29) is 14.3 Å². The van der Waals surface area contributed by atoms with Crippen LogP contribution in [0.25, 0.3) is 11.1 Å². The molecule has 0 aromatic heterocycles. The Labute approximate surface area is 212 Å². The summed E-state index contributed by atoms with van der Waals surface area (Å²) in [7, 11) is 0. The molecule has 1 aliphatic rings. The highest BCUT2D eigenvalue weighted by atomic mass is 127. The average molecular weight is 543 g/mol. The van der Waals surface area contributed by atoms with Gasteiger partial charge in [0, 0.05) is 3.42 Å². The van der Waals surface area contributed by atoms with Crippen LogP contribution in [-0.4, -0.2) is 0 Å². The lowest BCUT2D eigenvalue weighted by molar-refractivity contribution is 0.589. The Bertz CT molecular complexity index is 1190. The number of hydrogen-bond acceptors (Lipinski definition) is 0. The number of fused-ring (bicyclic) bond motifs is 3. The van der Waals surface area contributed by atoms with Crippen LogP contribution in [0.5, 0.6) is 0 Å². The van der Waals surface area contributed by atoms with Crippen molar-refractivity contribution in [3.05, 3.63) is 130 Å². The molecule has 0 aliphatic heterocycles. The van der Waals surface area contributed by atoms with Gasteiger partial charge in [-0.15, -0.1) is 0 Å². The van der Waals surface area contributed by atoms with E-state index in [2.05, 4.69) is 154 Å². The van der Waals surface area contributed by atoms with Crippen molar-refractivity contribution in [3.8, 4) is 11.1 Å². The standard InChI is InChI=1S/C32H31I/c1-30(2,3)22-14-18-24(19-15-22)32(25-20-16-23(17-21-25)31(4,5)33)28-12-8-6-10-26(28)27-11-7-9-13-29(27)32/h6-21H,1-5H3. The molecule has 0 spiro atoms. The van der Waals surface area contributed by atoms with Crippen LogP contribution < -0.4 is 0 Å². The van der Waals surface area contributed by atoms with E-state index < -0.39 is 0 Å². The van der Waals surface area contributed by atoms with Crippen LogP contribution in [-0.2, 0) is 14.3 Å². The number of halogens is 1. The molecule has 4 aromatic carbocycles. The molecule has 1 heteroatoms.